The zero-order chi connectivity index (χ0) is 14.7. The van der Waals surface area contributed by atoms with Gasteiger partial charge in [-0.2, -0.15) is 0 Å². The molecule has 2 rings (SSSR count). The summed E-state index contributed by atoms with van der Waals surface area (Å²) in [5.41, 5.74) is 0.961. The van der Waals surface area contributed by atoms with Crippen molar-refractivity contribution < 1.29 is 25.2 Å². The minimum absolute atomic E-state index is 0.0250. The number of hydrogen-bond donors (Lipinski definition) is 4. The Hall–Kier alpha value is -1.43. The van der Waals surface area contributed by atoms with Crippen molar-refractivity contribution in [1.82, 2.24) is 0 Å². The van der Waals surface area contributed by atoms with Gasteiger partial charge in [0.1, 0.15) is 5.76 Å². The topological polar surface area (TPSA) is 98.0 Å². The fourth-order valence-electron chi connectivity index (χ4n) is 2.55. The molecule has 20 heavy (non-hydrogen) atoms. The first-order chi connectivity index (χ1) is 9.47. The van der Waals surface area contributed by atoms with E-state index in [0.717, 1.165) is 12.0 Å². The summed E-state index contributed by atoms with van der Waals surface area (Å²) in [5.74, 6) is -0.673. The van der Waals surface area contributed by atoms with E-state index in [9.17, 15) is 25.2 Å². The highest BCUT2D eigenvalue weighted by atomic mass is 16.3. The Morgan fingerprint density at radius 2 is 2.00 bits per heavy atom. The maximum Gasteiger partial charge on any atom is 0.167 e. The van der Waals surface area contributed by atoms with Crippen LogP contribution < -0.4 is 0 Å². The van der Waals surface area contributed by atoms with Crippen LogP contribution in [0.5, 0.6) is 0 Å². The molecule has 5 nitrogen and oxygen atoms in total. The average molecular weight is 280 g/mol. The number of ketones is 1. The van der Waals surface area contributed by atoms with Crippen molar-refractivity contribution in [2.24, 2.45) is 0 Å². The molecule has 0 aromatic heterocycles. The van der Waals surface area contributed by atoms with Crippen molar-refractivity contribution in [2.45, 2.75) is 50.4 Å². The minimum Gasteiger partial charge on any atom is -0.507 e. The summed E-state index contributed by atoms with van der Waals surface area (Å²) in [4.78, 5) is 11.7. The maximum absolute atomic E-state index is 11.7. The van der Waals surface area contributed by atoms with Crippen LogP contribution in [-0.2, 0) is 4.79 Å². The van der Waals surface area contributed by atoms with E-state index < -0.39 is 18.0 Å². The third-order valence-electron chi connectivity index (χ3n) is 3.70. The van der Waals surface area contributed by atoms with Gasteiger partial charge in [0.25, 0.3) is 0 Å². The molecule has 4 N–H and O–H groups in total. The van der Waals surface area contributed by atoms with Gasteiger partial charge in [-0.25, -0.2) is 0 Å². The second kappa shape index (κ2) is 6.35. The van der Waals surface area contributed by atoms with Crippen molar-refractivity contribution in [3.05, 3.63) is 35.1 Å². The summed E-state index contributed by atoms with van der Waals surface area (Å²) in [6, 6.07) is 0. The molecule has 1 fully saturated rings. The Bertz CT molecular complexity index is 475. The normalized spacial score (nSPS) is 34.2. The number of hydrogen-bond acceptors (Lipinski definition) is 5. The van der Waals surface area contributed by atoms with Crippen molar-refractivity contribution >= 4 is 5.78 Å². The van der Waals surface area contributed by atoms with Gasteiger partial charge >= 0.3 is 0 Å². The molecule has 0 saturated heterocycles. The molecule has 2 aliphatic carbocycles. The average Bonchev–Trinajstić information content (AvgIpc) is 2.37. The largest absolute Gasteiger partial charge is 0.507 e. The predicted octanol–water partition coefficient (Wildman–Crippen LogP) is 0.911. The van der Waals surface area contributed by atoms with Crippen LogP contribution in [-0.4, -0.2) is 44.5 Å². The van der Waals surface area contributed by atoms with Crippen molar-refractivity contribution in [1.29, 1.82) is 0 Å². The molecule has 5 heteroatoms. The lowest BCUT2D eigenvalue weighted by Crippen LogP contribution is -2.33. The SMILES string of the molecule is O=C1C[C@H](O)C[C@H](O)C1=C(O)/C=C/C1=CC[C@@H](O)CC1. The minimum atomic E-state index is -1.13. The fraction of sp³-hybridized carbons (Fsp3) is 0.533. The maximum atomic E-state index is 11.7. The van der Waals surface area contributed by atoms with Crippen LogP contribution in [0.25, 0.3) is 0 Å². The number of aliphatic hydroxyl groups is 4. The Balaban J connectivity index is 2.11. The van der Waals surface area contributed by atoms with E-state index in [1.54, 1.807) is 6.08 Å². The van der Waals surface area contributed by atoms with Crippen LogP contribution in [0.4, 0.5) is 0 Å². The van der Waals surface area contributed by atoms with Gasteiger partial charge in [0.15, 0.2) is 5.78 Å². The van der Waals surface area contributed by atoms with Gasteiger partial charge in [0.2, 0.25) is 0 Å². The molecule has 3 atom stereocenters. The van der Waals surface area contributed by atoms with Crippen molar-refractivity contribution in [3.63, 3.8) is 0 Å². The lowest BCUT2D eigenvalue weighted by Gasteiger charge is -2.24. The summed E-state index contributed by atoms with van der Waals surface area (Å²) in [6.45, 7) is 0. The van der Waals surface area contributed by atoms with Gasteiger partial charge in [-0.15, -0.1) is 0 Å². The van der Waals surface area contributed by atoms with Gasteiger partial charge in [0.05, 0.1) is 23.9 Å². The molecule has 0 aromatic rings. The van der Waals surface area contributed by atoms with E-state index in [4.69, 9.17) is 0 Å². The van der Waals surface area contributed by atoms with E-state index in [-0.39, 0.29) is 30.3 Å². The Labute approximate surface area is 117 Å². The summed E-state index contributed by atoms with van der Waals surface area (Å²) >= 11 is 0. The highest BCUT2D eigenvalue weighted by Crippen LogP contribution is 2.25. The molecule has 110 valence electrons. The van der Waals surface area contributed by atoms with E-state index >= 15 is 0 Å². The van der Waals surface area contributed by atoms with Crippen LogP contribution in [0.15, 0.2) is 35.1 Å². The first-order valence-electron chi connectivity index (χ1n) is 6.85. The monoisotopic (exact) mass is 280 g/mol. The number of carbonyl (C=O) groups excluding carboxylic acids is 1. The number of Topliss-reactive ketones (excluding diaryl/α,β-unsaturated/α-hetero) is 1. The molecule has 0 heterocycles. The van der Waals surface area contributed by atoms with Crippen LogP contribution in [0.3, 0.4) is 0 Å². The lowest BCUT2D eigenvalue weighted by atomic mass is 9.87. The highest BCUT2D eigenvalue weighted by molar-refractivity contribution is 5.98. The first kappa shape index (κ1) is 15.0. The zero-order valence-corrected chi connectivity index (χ0v) is 11.2. The quantitative estimate of drug-likeness (QED) is 0.445. The number of carbonyl (C=O) groups is 1. The van der Waals surface area contributed by atoms with Crippen LogP contribution in [0.1, 0.15) is 32.1 Å². The second-order valence-electron chi connectivity index (χ2n) is 5.37. The van der Waals surface area contributed by atoms with Crippen molar-refractivity contribution in [3.8, 4) is 0 Å². The van der Waals surface area contributed by atoms with E-state index in [1.807, 2.05) is 6.08 Å². The molecule has 0 aliphatic heterocycles. The Morgan fingerprint density at radius 1 is 1.25 bits per heavy atom. The number of aliphatic hydroxyl groups excluding tert-OH is 4. The molecule has 0 unspecified atom stereocenters. The fourth-order valence-corrected chi connectivity index (χ4v) is 2.55. The zero-order valence-electron chi connectivity index (χ0n) is 11.2. The Kier molecular flexibility index (Phi) is 4.75. The molecular weight excluding hydrogens is 260 g/mol. The molecular formula is C15H20O5. The summed E-state index contributed by atoms with van der Waals surface area (Å²) < 4.78 is 0. The Morgan fingerprint density at radius 3 is 2.60 bits per heavy atom. The number of allylic oxidation sites excluding steroid dienone is 3. The summed E-state index contributed by atoms with van der Waals surface area (Å²) in [5, 5.41) is 38.5. The molecule has 0 amide bonds. The summed E-state index contributed by atoms with van der Waals surface area (Å²) in [7, 11) is 0. The van der Waals surface area contributed by atoms with Gasteiger partial charge in [-0.3, -0.25) is 4.79 Å². The molecule has 0 aromatic carbocycles. The van der Waals surface area contributed by atoms with Crippen molar-refractivity contribution in [2.75, 3.05) is 0 Å². The van der Waals surface area contributed by atoms with Gasteiger partial charge in [-0.1, -0.05) is 17.7 Å². The van der Waals surface area contributed by atoms with Gasteiger partial charge < -0.3 is 20.4 Å². The highest BCUT2D eigenvalue weighted by Gasteiger charge is 2.31. The third kappa shape index (κ3) is 3.56. The van der Waals surface area contributed by atoms with Gasteiger partial charge in [0, 0.05) is 12.8 Å². The number of rotatable bonds is 2. The molecule has 0 spiro atoms. The van der Waals surface area contributed by atoms with E-state index in [0.29, 0.717) is 12.8 Å². The van der Waals surface area contributed by atoms with Crippen LogP contribution in [0.2, 0.25) is 0 Å². The first-order valence-corrected chi connectivity index (χ1v) is 6.85. The lowest BCUT2D eigenvalue weighted by molar-refractivity contribution is -0.121. The van der Waals surface area contributed by atoms with Crippen LogP contribution >= 0.6 is 0 Å². The van der Waals surface area contributed by atoms with Crippen LogP contribution in [0, 0.1) is 0 Å². The third-order valence-corrected chi connectivity index (χ3v) is 3.70. The molecule has 2 aliphatic rings. The predicted molar refractivity (Wildman–Crippen MR) is 73.0 cm³/mol. The smallest absolute Gasteiger partial charge is 0.167 e. The van der Waals surface area contributed by atoms with Gasteiger partial charge in [-0.05, 0) is 25.3 Å². The molecule has 1 saturated carbocycles. The van der Waals surface area contributed by atoms with E-state index in [1.165, 1.54) is 6.08 Å². The molecule has 0 radical (unpaired) electrons. The second-order valence-corrected chi connectivity index (χ2v) is 5.37. The van der Waals surface area contributed by atoms with E-state index in [2.05, 4.69) is 0 Å². The standard InChI is InChI=1S/C15H20O5/c16-10-4-1-9(2-5-10)3-6-12(18)15-13(19)7-11(17)8-14(15)20/h1,3,6,10-11,13,16-19H,2,4-5,7-8H2/b6-3+,15-12?/t10-,11-,13+/m1/s1. The summed E-state index contributed by atoms with van der Waals surface area (Å²) in [6.07, 6.45) is 4.69. The molecule has 0 bridgehead atoms.